The summed E-state index contributed by atoms with van der Waals surface area (Å²) in [4.78, 5) is 21.1. The highest BCUT2D eigenvalue weighted by Crippen LogP contribution is 2.35. The highest BCUT2D eigenvalue weighted by atomic mass is 19.1. The quantitative estimate of drug-likeness (QED) is 0.250. The Morgan fingerprint density at radius 3 is 2.46 bits per heavy atom. The average molecular weight is 551 g/mol. The van der Waals surface area contributed by atoms with Crippen molar-refractivity contribution in [3.63, 3.8) is 0 Å². The molecule has 41 heavy (non-hydrogen) atoms. The van der Waals surface area contributed by atoms with Crippen molar-refractivity contribution in [3.8, 4) is 39.4 Å². The maximum atomic E-state index is 14.6. The largest absolute Gasteiger partial charge is 0.492 e. The van der Waals surface area contributed by atoms with Gasteiger partial charge in [-0.05, 0) is 69.6 Å². The van der Waals surface area contributed by atoms with Gasteiger partial charge < -0.3 is 19.5 Å². The van der Waals surface area contributed by atoms with E-state index in [0.29, 0.717) is 23.6 Å². The van der Waals surface area contributed by atoms with Crippen molar-refractivity contribution >= 4 is 21.9 Å². The van der Waals surface area contributed by atoms with Gasteiger partial charge in [-0.25, -0.2) is 9.37 Å². The molecule has 6 rings (SSSR count). The van der Waals surface area contributed by atoms with Gasteiger partial charge in [0.15, 0.2) is 5.65 Å². The first-order valence-corrected chi connectivity index (χ1v) is 13.3. The molecule has 10 heteroatoms. The van der Waals surface area contributed by atoms with Crippen LogP contribution in [0.15, 0.2) is 67.4 Å². The molecule has 0 aliphatic carbocycles. The minimum absolute atomic E-state index is 0.365. The lowest BCUT2D eigenvalue weighted by molar-refractivity contribution is 0.260. The number of hydrogen-bond acceptors (Lipinski definition) is 7. The van der Waals surface area contributed by atoms with Crippen LogP contribution in [0.1, 0.15) is 5.56 Å². The molecule has 0 aliphatic rings. The van der Waals surface area contributed by atoms with Crippen LogP contribution in [-0.2, 0) is 6.54 Å². The van der Waals surface area contributed by atoms with Crippen molar-refractivity contribution in [1.29, 1.82) is 0 Å². The monoisotopic (exact) mass is 550 g/mol. The summed E-state index contributed by atoms with van der Waals surface area (Å²) in [5.74, 6) is 0.117. The Balaban J connectivity index is 1.37. The fourth-order valence-electron chi connectivity index (χ4n) is 4.92. The van der Waals surface area contributed by atoms with Crippen LogP contribution in [0.3, 0.4) is 0 Å². The van der Waals surface area contributed by atoms with Gasteiger partial charge in [-0.1, -0.05) is 0 Å². The lowest BCUT2D eigenvalue weighted by Gasteiger charge is -2.12. The molecule has 0 saturated carbocycles. The van der Waals surface area contributed by atoms with Gasteiger partial charge in [-0.15, -0.1) is 0 Å². The number of fused-ring (bicyclic) bond motifs is 2. The number of pyridine rings is 3. The van der Waals surface area contributed by atoms with E-state index in [0.717, 1.165) is 63.0 Å². The molecule has 9 nitrogen and oxygen atoms in total. The lowest BCUT2D eigenvalue weighted by Crippen LogP contribution is -2.19. The topological polar surface area (TPSA) is 98.8 Å². The third-order valence-electron chi connectivity index (χ3n) is 6.83. The van der Waals surface area contributed by atoms with E-state index in [9.17, 15) is 4.39 Å². The number of H-pyrrole nitrogens is 2. The highest BCUT2D eigenvalue weighted by molar-refractivity contribution is 6.00. The number of nitrogens with one attached hydrogen (secondary N) is 2. The van der Waals surface area contributed by atoms with Gasteiger partial charge in [-0.2, -0.15) is 5.10 Å². The number of aromatic amines is 2. The number of likely N-dealkylation sites (N-methyl/N-ethyl adjacent to an activating group) is 1. The van der Waals surface area contributed by atoms with Crippen LogP contribution >= 0.6 is 0 Å². The summed E-state index contributed by atoms with van der Waals surface area (Å²) < 4.78 is 20.4. The zero-order valence-corrected chi connectivity index (χ0v) is 23.4. The van der Waals surface area contributed by atoms with Crippen molar-refractivity contribution < 1.29 is 9.13 Å². The number of benzene rings is 1. The van der Waals surface area contributed by atoms with Gasteiger partial charge in [0.25, 0.3) is 0 Å². The molecular weight excluding hydrogens is 519 g/mol. The summed E-state index contributed by atoms with van der Waals surface area (Å²) in [6.45, 7) is 2.00. The molecule has 0 fully saturated rings. The third kappa shape index (κ3) is 5.65. The summed E-state index contributed by atoms with van der Waals surface area (Å²) in [6, 6.07) is 11.0. The Hall–Kier alpha value is -4.67. The van der Waals surface area contributed by atoms with E-state index in [-0.39, 0.29) is 5.82 Å². The maximum Gasteiger partial charge on any atom is 0.155 e. The normalized spacial score (nSPS) is 11.8. The fourth-order valence-corrected chi connectivity index (χ4v) is 4.92. The molecule has 0 unspecified atom stereocenters. The first-order valence-electron chi connectivity index (χ1n) is 13.3. The van der Waals surface area contributed by atoms with Gasteiger partial charge >= 0.3 is 0 Å². The number of nitrogens with zero attached hydrogens (tertiary/aromatic N) is 6. The van der Waals surface area contributed by atoms with Crippen molar-refractivity contribution in [3.05, 3.63) is 78.8 Å². The van der Waals surface area contributed by atoms with Crippen LogP contribution in [0.5, 0.6) is 5.75 Å². The molecule has 0 radical (unpaired) electrons. The number of ether oxygens (including phenoxy) is 1. The van der Waals surface area contributed by atoms with Gasteiger partial charge in [0.05, 0.1) is 17.4 Å². The van der Waals surface area contributed by atoms with Crippen LogP contribution < -0.4 is 4.74 Å². The summed E-state index contributed by atoms with van der Waals surface area (Å²) in [5, 5.41) is 9.41. The Kier molecular flexibility index (Phi) is 7.17. The van der Waals surface area contributed by atoms with E-state index in [1.54, 1.807) is 12.4 Å². The predicted molar refractivity (Wildman–Crippen MR) is 159 cm³/mol. The van der Waals surface area contributed by atoms with E-state index < -0.39 is 0 Å². The Morgan fingerprint density at radius 2 is 1.63 bits per heavy atom. The zero-order chi connectivity index (χ0) is 28.5. The molecule has 0 aliphatic heterocycles. The van der Waals surface area contributed by atoms with Crippen molar-refractivity contribution in [2.45, 2.75) is 6.54 Å². The standard InChI is InChI=1S/C31H31FN8O/c1-39(2)5-6-41-24-9-20(8-23(32)11-24)27-16-34-17-29-25(27)12-28(36-29)30-26-10-22(15-35-31(26)38-37-30)21-7-19(13-33-14-21)18-40(3)4/h7-17,36H,5-6,18H2,1-4H3,(H,35,37,38). The second kappa shape index (κ2) is 11.1. The van der Waals surface area contributed by atoms with Crippen LogP contribution in [0.25, 0.3) is 55.6 Å². The second-order valence-corrected chi connectivity index (χ2v) is 10.7. The van der Waals surface area contributed by atoms with Crippen molar-refractivity contribution in [2.75, 3.05) is 41.3 Å². The molecule has 0 spiro atoms. The molecule has 5 aromatic heterocycles. The first-order chi connectivity index (χ1) is 19.8. The summed E-state index contributed by atoms with van der Waals surface area (Å²) in [7, 11) is 8.01. The lowest BCUT2D eigenvalue weighted by atomic mass is 10.0. The predicted octanol–water partition coefficient (Wildman–Crippen LogP) is 5.37. The van der Waals surface area contributed by atoms with Gasteiger partial charge in [0, 0.05) is 71.4 Å². The molecule has 5 heterocycles. The smallest absolute Gasteiger partial charge is 0.155 e. The van der Waals surface area contributed by atoms with Crippen LogP contribution in [0, 0.1) is 5.82 Å². The second-order valence-electron chi connectivity index (χ2n) is 10.7. The third-order valence-corrected chi connectivity index (χ3v) is 6.83. The number of rotatable bonds is 9. The SMILES string of the molecule is CN(C)CCOc1cc(F)cc(-c2cncc3[nH]c(-c4n[nH]c5ncc(-c6cncc(CN(C)C)c6)cc45)cc23)c1. The van der Waals surface area contributed by atoms with Gasteiger partial charge in [0.1, 0.15) is 23.9 Å². The Morgan fingerprint density at radius 1 is 0.805 bits per heavy atom. The van der Waals surface area contributed by atoms with Gasteiger partial charge in [-0.3, -0.25) is 15.1 Å². The minimum atomic E-state index is -0.365. The molecule has 1 aromatic carbocycles. The molecule has 0 saturated heterocycles. The van der Waals surface area contributed by atoms with Gasteiger partial charge in [0.2, 0.25) is 0 Å². The van der Waals surface area contributed by atoms with E-state index in [4.69, 9.17) is 4.74 Å². The van der Waals surface area contributed by atoms with Crippen LogP contribution in [0.2, 0.25) is 0 Å². The van der Waals surface area contributed by atoms with Crippen molar-refractivity contribution in [1.82, 2.24) is 39.9 Å². The van der Waals surface area contributed by atoms with Crippen LogP contribution in [-0.4, -0.2) is 81.3 Å². The van der Waals surface area contributed by atoms with E-state index >= 15 is 0 Å². The molecule has 2 N–H and O–H groups in total. The molecule has 0 amide bonds. The van der Waals surface area contributed by atoms with E-state index in [1.807, 2.05) is 63.8 Å². The van der Waals surface area contributed by atoms with Crippen molar-refractivity contribution in [2.24, 2.45) is 0 Å². The summed E-state index contributed by atoms with van der Waals surface area (Å²) >= 11 is 0. The fraction of sp³-hybridized carbons (Fsp3) is 0.226. The average Bonchev–Trinajstić information content (AvgIpc) is 3.56. The minimum Gasteiger partial charge on any atom is -0.492 e. The Labute approximate surface area is 237 Å². The highest BCUT2D eigenvalue weighted by Gasteiger charge is 2.16. The molecule has 0 atom stereocenters. The summed E-state index contributed by atoms with van der Waals surface area (Å²) in [6.07, 6.45) is 9.06. The molecule has 208 valence electrons. The summed E-state index contributed by atoms with van der Waals surface area (Å²) in [5.41, 5.74) is 7.59. The van der Waals surface area contributed by atoms with E-state index in [2.05, 4.69) is 47.2 Å². The molecule has 0 bridgehead atoms. The van der Waals surface area contributed by atoms with Crippen LogP contribution in [0.4, 0.5) is 4.39 Å². The number of hydrogen-bond donors (Lipinski definition) is 2. The zero-order valence-electron chi connectivity index (χ0n) is 23.4. The van der Waals surface area contributed by atoms with E-state index in [1.165, 1.54) is 12.1 Å². The number of halogens is 1. The number of aromatic nitrogens is 6. The first kappa shape index (κ1) is 26.5. The molecule has 6 aromatic rings. The molecular formula is C31H31FN8O. The maximum absolute atomic E-state index is 14.6. The Bertz CT molecular complexity index is 1840.